The lowest BCUT2D eigenvalue weighted by molar-refractivity contribution is 0.0519. The normalized spacial score (nSPS) is 15.7. The molecule has 1 aliphatic heterocycles. The Morgan fingerprint density at radius 1 is 1.53 bits per heavy atom. The molecule has 1 aliphatic rings. The van der Waals surface area contributed by atoms with E-state index in [9.17, 15) is 4.79 Å². The Hall–Kier alpha value is -1.62. The zero-order valence-corrected chi connectivity index (χ0v) is 9.98. The first kappa shape index (κ1) is 11.9. The summed E-state index contributed by atoms with van der Waals surface area (Å²) in [5.41, 5.74) is 1.41. The van der Waals surface area contributed by atoms with Gasteiger partial charge in [0.15, 0.2) is 0 Å². The molecule has 92 valence electrons. The lowest BCUT2D eigenvalue weighted by atomic mass is 10.2. The third-order valence-electron chi connectivity index (χ3n) is 2.71. The maximum atomic E-state index is 11.6. The minimum absolute atomic E-state index is 0.357. The number of piperazine rings is 1. The summed E-state index contributed by atoms with van der Waals surface area (Å²) in [6.07, 6.45) is 1.66. The molecule has 0 atom stereocenters. The van der Waals surface area contributed by atoms with Gasteiger partial charge in [-0.15, -0.1) is 0 Å². The van der Waals surface area contributed by atoms with E-state index in [4.69, 9.17) is 4.74 Å². The Bertz CT molecular complexity index is 389. The number of pyridine rings is 1. The zero-order chi connectivity index (χ0) is 12.1. The van der Waals surface area contributed by atoms with E-state index in [-0.39, 0.29) is 5.97 Å². The van der Waals surface area contributed by atoms with Crippen LogP contribution in [-0.4, -0.2) is 43.7 Å². The first-order valence-corrected chi connectivity index (χ1v) is 5.90. The summed E-state index contributed by atoms with van der Waals surface area (Å²) in [5, 5.41) is 3.29. The Kier molecular flexibility index (Phi) is 3.93. The molecule has 0 unspecified atom stereocenters. The van der Waals surface area contributed by atoms with Gasteiger partial charge in [0.2, 0.25) is 0 Å². The lowest BCUT2D eigenvalue weighted by Crippen LogP contribution is -2.43. The number of esters is 1. The summed E-state index contributed by atoms with van der Waals surface area (Å²) in [6.45, 7) is 6.00. The number of ether oxygens (including phenoxy) is 1. The molecule has 1 aromatic heterocycles. The van der Waals surface area contributed by atoms with Gasteiger partial charge < -0.3 is 15.0 Å². The molecule has 0 bridgehead atoms. The van der Waals surface area contributed by atoms with Crippen LogP contribution in [-0.2, 0) is 4.74 Å². The Balaban J connectivity index is 2.12. The van der Waals surface area contributed by atoms with Crippen molar-refractivity contribution in [2.24, 2.45) is 0 Å². The Morgan fingerprint density at radius 2 is 2.29 bits per heavy atom. The molecule has 1 aromatic rings. The molecule has 5 heteroatoms. The molecule has 0 amide bonds. The van der Waals surface area contributed by atoms with Crippen LogP contribution in [0.3, 0.4) is 0 Å². The lowest BCUT2D eigenvalue weighted by Gasteiger charge is -2.29. The number of carbonyl (C=O) groups excluding carboxylic acids is 1. The van der Waals surface area contributed by atoms with Gasteiger partial charge in [-0.2, -0.15) is 0 Å². The number of aromatic nitrogens is 1. The number of nitrogens with zero attached hydrogens (tertiary/aromatic N) is 2. The number of carbonyl (C=O) groups is 1. The van der Waals surface area contributed by atoms with E-state index in [1.807, 2.05) is 6.07 Å². The molecule has 0 saturated carbocycles. The summed E-state index contributed by atoms with van der Waals surface area (Å²) in [6, 6.07) is 3.72. The number of hydrogen-bond acceptors (Lipinski definition) is 5. The van der Waals surface area contributed by atoms with Gasteiger partial charge in [0.05, 0.1) is 6.61 Å². The number of hydrogen-bond donors (Lipinski definition) is 1. The molecule has 0 radical (unpaired) electrons. The second-order valence-corrected chi connectivity index (χ2v) is 3.86. The SMILES string of the molecule is CCOC(=O)c1cc(N2CCNCC2)ccn1. The van der Waals surface area contributed by atoms with Crippen molar-refractivity contribution in [2.45, 2.75) is 6.92 Å². The molecule has 1 fully saturated rings. The van der Waals surface area contributed by atoms with Crippen molar-refractivity contribution < 1.29 is 9.53 Å². The van der Waals surface area contributed by atoms with Gasteiger partial charge in [0.1, 0.15) is 5.69 Å². The van der Waals surface area contributed by atoms with Crippen LogP contribution < -0.4 is 10.2 Å². The third-order valence-corrected chi connectivity index (χ3v) is 2.71. The number of anilines is 1. The van der Waals surface area contributed by atoms with E-state index >= 15 is 0 Å². The fraction of sp³-hybridized carbons (Fsp3) is 0.500. The van der Waals surface area contributed by atoms with Crippen LogP contribution in [0.1, 0.15) is 17.4 Å². The highest BCUT2D eigenvalue weighted by atomic mass is 16.5. The predicted octanol–water partition coefficient (Wildman–Crippen LogP) is 0.668. The van der Waals surface area contributed by atoms with Crippen LogP contribution in [0.2, 0.25) is 0 Å². The number of rotatable bonds is 3. The smallest absolute Gasteiger partial charge is 0.356 e. The highest BCUT2D eigenvalue weighted by Crippen LogP contribution is 2.15. The van der Waals surface area contributed by atoms with Crippen molar-refractivity contribution >= 4 is 11.7 Å². The van der Waals surface area contributed by atoms with Crippen molar-refractivity contribution in [1.82, 2.24) is 10.3 Å². The van der Waals surface area contributed by atoms with Crippen LogP contribution in [0.5, 0.6) is 0 Å². The summed E-state index contributed by atoms with van der Waals surface area (Å²) < 4.78 is 4.94. The van der Waals surface area contributed by atoms with Crippen LogP contribution in [0.25, 0.3) is 0 Å². The van der Waals surface area contributed by atoms with Crippen LogP contribution in [0.4, 0.5) is 5.69 Å². The fourth-order valence-corrected chi connectivity index (χ4v) is 1.86. The summed E-state index contributed by atoms with van der Waals surface area (Å²) in [7, 11) is 0. The fourth-order valence-electron chi connectivity index (χ4n) is 1.86. The summed E-state index contributed by atoms with van der Waals surface area (Å²) in [4.78, 5) is 17.8. The minimum atomic E-state index is -0.357. The van der Waals surface area contributed by atoms with Gasteiger partial charge in [0.25, 0.3) is 0 Å². The van der Waals surface area contributed by atoms with Gasteiger partial charge in [-0.1, -0.05) is 0 Å². The molecule has 2 rings (SSSR count). The largest absolute Gasteiger partial charge is 0.461 e. The molecular formula is C12H17N3O2. The Morgan fingerprint density at radius 3 is 3.00 bits per heavy atom. The molecule has 2 heterocycles. The van der Waals surface area contributed by atoms with E-state index < -0.39 is 0 Å². The molecular weight excluding hydrogens is 218 g/mol. The highest BCUT2D eigenvalue weighted by Gasteiger charge is 2.14. The standard InChI is InChI=1S/C12H17N3O2/c1-2-17-12(16)11-9-10(3-4-14-11)15-7-5-13-6-8-15/h3-4,9,13H,2,5-8H2,1H3. The molecule has 17 heavy (non-hydrogen) atoms. The zero-order valence-electron chi connectivity index (χ0n) is 9.98. The second kappa shape index (κ2) is 5.63. The van der Waals surface area contributed by atoms with Gasteiger partial charge >= 0.3 is 5.97 Å². The van der Waals surface area contributed by atoms with Crippen molar-refractivity contribution in [3.63, 3.8) is 0 Å². The molecule has 1 saturated heterocycles. The first-order chi connectivity index (χ1) is 8.31. The second-order valence-electron chi connectivity index (χ2n) is 3.86. The maximum Gasteiger partial charge on any atom is 0.356 e. The van der Waals surface area contributed by atoms with E-state index in [0.29, 0.717) is 12.3 Å². The van der Waals surface area contributed by atoms with Crippen LogP contribution in [0.15, 0.2) is 18.3 Å². The average molecular weight is 235 g/mol. The van der Waals surface area contributed by atoms with Crippen molar-refractivity contribution in [3.8, 4) is 0 Å². The molecule has 0 aliphatic carbocycles. The highest BCUT2D eigenvalue weighted by molar-refractivity contribution is 5.88. The van der Waals surface area contributed by atoms with Crippen molar-refractivity contribution in [3.05, 3.63) is 24.0 Å². The van der Waals surface area contributed by atoms with Crippen molar-refractivity contribution in [1.29, 1.82) is 0 Å². The molecule has 0 spiro atoms. The van der Waals surface area contributed by atoms with Gasteiger partial charge in [-0.25, -0.2) is 9.78 Å². The van der Waals surface area contributed by atoms with Gasteiger partial charge in [-0.05, 0) is 19.1 Å². The average Bonchev–Trinajstić information content (AvgIpc) is 2.40. The minimum Gasteiger partial charge on any atom is -0.461 e. The first-order valence-electron chi connectivity index (χ1n) is 5.90. The van der Waals surface area contributed by atoms with E-state index in [2.05, 4.69) is 15.2 Å². The van der Waals surface area contributed by atoms with Crippen molar-refractivity contribution in [2.75, 3.05) is 37.7 Å². The predicted molar refractivity (Wildman–Crippen MR) is 65.3 cm³/mol. The van der Waals surface area contributed by atoms with E-state index in [1.54, 1.807) is 19.2 Å². The monoisotopic (exact) mass is 235 g/mol. The van der Waals surface area contributed by atoms with E-state index in [0.717, 1.165) is 31.9 Å². The quantitative estimate of drug-likeness (QED) is 0.780. The third kappa shape index (κ3) is 2.94. The van der Waals surface area contributed by atoms with E-state index in [1.165, 1.54) is 0 Å². The maximum absolute atomic E-state index is 11.6. The summed E-state index contributed by atoms with van der Waals surface area (Å²) in [5.74, 6) is -0.357. The molecule has 1 N–H and O–H groups in total. The number of nitrogens with one attached hydrogen (secondary N) is 1. The Labute approximate surface area is 101 Å². The molecule has 5 nitrogen and oxygen atoms in total. The van der Waals surface area contributed by atoms with Crippen LogP contribution in [0, 0.1) is 0 Å². The van der Waals surface area contributed by atoms with Crippen LogP contribution >= 0.6 is 0 Å². The summed E-state index contributed by atoms with van der Waals surface area (Å²) >= 11 is 0. The topological polar surface area (TPSA) is 54.5 Å². The van der Waals surface area contributed by atoms with Gasteiger partial charge in [-0.3, -0.25) is 0 Å². The van der Waals surface area contributed by atoms with Gasteiger partial charge in [0, 0.05) is 38.1 Å². The molecule has 0 aromatic carbocycles.